The highest BCUT2D eigenvalue weighted by molar-refractivity contribution is 5.96. The van der Waals surface area contributed by atoms with E-state index in [1.165, 1.54) is 0 Å². The molecule has 0 atom stereocenters. The number of anilines is 1. The number of nitrogens with zero attached hydrogens (tertiary/aromatic N) is 1. The highest BCUT2D eigenvalue weighted by atomic mass is 16.5. The van der Waals surface area contributed by atoms with Crippen LogP contribution in [0.1, 0.15) is 19.4 Å². The summed E-state index contributed by atoms with van der Waals surface area (Å²) < 4.78 is 5.01. The minimum atomic E-state index is -1.03. The average molecular weight is 232 g/mol. The Bertz CT molecular complexity index is 447. The second kappa shape index (κ2) is 5.46. The van der Waals surface area contributed by atoms with Crippen molar-refractivity contribution < 1.29 is 9.53 Å². The fraction of sp³-hybridized carbons (Fsp3) is 0.385. The number of nitrogens with one attached hydrogen (secondary N) is 1. The fourth-order valence-corrected chi connectivity index (χ4v) is 1.24. The maximum Gasteiger partial charge on any atom is 0.244 e. The van der Waals surface area contributed by atoms with Crippen molar-refractivity contribution in [3.63, 3.8) is 0 Å². The van der Waals surface area contributed by atoms with E-state index in [1.54, 1.807) is 27.0 Å². The zero-order valence-electron chi connectivity index (χ0n) is 10.3. The maximum absolute atomic E-state index is 11.8. The van der Waals surface area contributed by atoms with Crippen LogP contribution in [0.2, 0.25) is 0 Å². The monoisotopic (exact) mass is 232 g/mol. The molecule has 0 aromatic heterocycles. The van der Waals surface area contributed by atoms with Gasteiger partial charge in [-0.2, -0.15) is 5.26 Å². The van der Waals surface area contributed by atoms with Gasteiger partial charge in [0.15, 0.2) is 0 Å². The molecular formula is C13H16N2O2. The lowest BCUT2D eigenvalue weighted by Crippen LogP contribution is -2.29. The normalized spacial score (nSPS) is 10.7. The summed E-state index contributed by atoms with van der Waals surface area (Å²) in [6.45, 7) is 3.66. The molecule has 0 saturated heterocycles. The largest absolute Gasteiger partial charge is 0.380 e. The van der Waals surface area contributed by atoms with Gasteiger partial charge in [0.1, 0.15) is 5.41 Å². The summed E-state index contributed by atoms with van der Waals surface area (Å²) >= 11 is 0. The summed E-state index contributed by atoms with van der Waals surface area (Å²) in [6, 6.07) is 9.32. The number of rotatable bonds is 4. The molecular weight excluding hydrogens is 216 g/mol. The zero-order chi connectivity index (χ0) is 12.9. The SMILES string of the molecule is COCc1cccc(NC(=O)C(C)(C)C#N)c1. The molecule has 17 heavy (non-hydrogen) atoms. The van der Waals surface area contributed by atoms with Crippen molar-refractivity contribution in [1.82, 2.24) is 0 Å². The van der Waals surface area contributed by atoms with E-state index in [0.717, 1.165) is 5.56 Å². The molecule has 0 aliphatic heterocycles. The van der Waals surface area contributed by atoms with Gasteiger partial charge < -0.3 is 10.1 Å². The van der Waals surface area contributed by atoms with E-state index >= 15 is 0 Å². The molecule has 1 N–H and O–H groups in total. The number of hydrogen-bond donors (Lipinski definition) is 1. The van der Waals surface area contributed by atoms with Crippen molar-refractivity contribution >= 4 is 11.6 Å². The smallest absolute Gasteiger partial charge is 0.244 e. The van der Waals surface area contributed by atoms with Gasteiger partial charge in [0.25, 0.3) is 0 Å². The lowest BCUT2D eigenvalue weighted by Gasteiger charge is -2.15. The second-order valence-electron chi connectivity index (χ2n) is 4.32. The van der Waals surface area contributed by atoms with E-state index in [2.05, 4.69) is 5.32 Å². The highest BCUT2D eigenvalue weighted by Crippen LogP contribution is 2.18. The average Bonchev–Trinajstić information content (AvgIpc) is 2.30. The van der Waals surface area contributed by atoms with Gasteiger partial charge in [-0.05, 0) is 31.5 Å². The van der Waals surface area contributed by atoms with Crippen LogP contribution in [0, 0.1) is 16.7 Å². The number of carbonyl (C=O) groups is 1. The van der Waals surface area contributed by atoms with Crippen LogP contribution >= 0.6 is 0 Å². The van der Waals surface area contributed by atoms with Gasteiger partial charge in [0, 0.05) is 12.8 Å². The Kier molecular flexibility index (Phi) is 4.24. The Hall–Kier alpha value is -1.86. The van der Waals surface area contributed by atoms with Crippen LogP contribution in [-0.4, -0.2) is 13.0 Å². The van der Waals surface area contributed by atoms with Crippen LogP contribution in [-0.2, 0) is 16.1 Å². The van der Waals surface area contributed by atoms with Gasteiger partial charge in [0.05, 0.1) is 12.7 Å². The molecule has 1 aromatic carbocycles. The standard InChI is InChI=1S/C13H16N2O2/c1-13(2,9-14)12(16)15-11-6-4-5-10(7-11)8-17-3/h4-7H,8H2,1-3H3,(H,15,16). The number of benzene rings is 1. The fourth-order valence-electron chi connectivity index (χ4n) is 1.24. The van der Waals surface area contributed by atoms with Crippen LogP contribution in [0.25, 0.3) is 0 Å². The Morgan fingerprint density at radius 1 is 1.53 bits per heavy atom. The molecule has 0 unspecified atom stereocenters. The molecule has 0 aliphatic carbocycles. The van der Waals surface area contributed by atoms with E-state index in [0.29, 0.717) is 12.3 Å². The molecule has 0 aliphatic rings. The number of hydrogen-bond acceptors (Lipinski definition) is 3. The van der Waals surface area contributed by atoms with Crippen molar-refractivity contribution in [1.29, 1.82) is 5.26 Å². The first-order valence-electron chi connectivity index (χ1n) is 5.30. The summed E-state index contributed by atoms with van der Waals surface area (Å²) in [5, 5.41) is 11.6. The lowest BCUT2D eigenvalue weighted by molar-refractivity contribution is -0.121. The summed E-state index contributed by atoms with van der Waals surface area (Å²) in [5.74, 6) is -0.311. The minimum absolute atomic E-state index is 0.311. The first-order valence-corrected chi connectivity index (χ1v) is 5.30. The van der Waals surface area contributed by atoms with Crippen molar-refractivity contribution in [2.24, 2.45) is 5.41 Å². The van der Waals surface area contributed by atoms with Crippen LogP contribution in [0.15, 0.2) is 24.3 Å². The topological polar surface area (TPSA) is 62.1 Å². The molecule has 0 spiro atoms. The second-order valence-corrected chi connectivity index (χ2v) is 4.32. The van der Waals surface area contributed by atoms with Crippen LogP contribution in [0.4, 0.5) is 5.69 Å². The van der Waals surface area contributed by atoms with Crippen LogP contribution < -0.4 is 5.32 Å². The molecule has 0 fully saturated rings. The third-order valence-corrected chi connectivity index (χ3v) is 2.34. The summed E-state index contributed by atoms with van der Waals surface area (Å²) in [4.78, 5) is 11.8. The Balaban J connectivity index is 2.79. The maximum atomic E-state index is 11.8. The number of ether oxygens (including phenoxy) is 1. The molecule has 1 aromatic rings. The number of carbonyl (C=O) groups excluding carboxylic acids is 1. The molecule has 1 amide bonds. The van der Waals surface area contributed by atoms with Gasteiger partial charge >= 0.3 is 0 Å². The van der Waals surface area contributed by atoms with Gasteiger partial charge in [-0.1, -0.05) is 12.1 Å². The number of nitriles is 1. The van der Waals surface area contributed by atoms with E-state index in [4.69, 9.17) is 10.00 Å². The summed E-state index contributed by atoms with van der Waals surface area (Å²) in [7, 11) is 1.62. The van der Waals surface area contributed by atoms with Gasteiger partial charge in [-0.3, -0.25) is 4.79 Å². The van der Waals surface area contributed by atoms with Gasteiger partial charge in [-0.15, -0.1) is 0 Å². The molecule has 0 heterocycles. The molecule has 4 nitrogen and oxygen atoms in total. The third-order valence-electron chi connectivity index (χ3n) is 2.34. The summed E-state index contributed by atoms with van der Waals surface area (Å²) in [5.41, 5.74) is 0.616. The first kappa shape index (κ1) is 13.2. The van der Waals surface area contributed by atoms with E-state index in [1.807, 2.05) is 24.3 Å². The van der Waals surface area contributed by atoms with E-state index < -0.39 is 5.41 Å². The Labute approximate surface area is 101 Å². The van der Waals surface area contributed by atoms with E-state index in [9.17, 15) is 4.79 Å². The number of amides is 1. The number of methoxy groups -OCH3 is 1. The minimum Gasteiger partial charge on any atom is -0.380 e. The first-order chi connectivity index (χ1) is 7.99. The quantitative estimate of drug-likeness (QED) is 0.866. The van der Waals surface area contributed by atoms with Crippen molar-refractivity contribution in [3.8, 4) is 6.07 Å². The van der Waals surface area contributed by atoms with Crippen LogP contribution in [0.5, 0.6) is 0 Å². The predicted molar refractivity (Wildman–Crippen MR) is 65.2 cm³/mol. The molecule has 4 heteroatoms. The van der Waals surface area contributed by atoms with Gasteiger partial charge in [0.2, 0.25) is 5.91 Å². The Morgan fingerprint density at radius 2 is 2.24 bits per heavy atom. The molecule has 90 valence electrons. The van der Waals surface area contributed by atoms with Crippen molar-refractivity contribution in [2.45, 2.75) is 20.5 Å². The highest BCUT2D eigenvalue weighted by Gasteiger charge is 2.27. The molecule has 1 rings (SSSR count). The van der Waals surface area contributed by atoms with Gasteiger partial charge in [-0.25, -0.2) is 0 Å². The zero-order valence-corrected chi connectivity index (χ0v) is 10.3. The van der Waals surface area contributed by atoms with Crippen molar-refractivity contribution in [2.75, 3.05) is 12.4 Å². The van der Waals surface area contributed by atoms with E-state index in [-0.39, 0.29) is 5.91 Å². The Morgan fingerprint density at radius 3 is 2.82 bits per heavy atom. The summed E-state index contributed by atoms with van der Waals surface area (Å²) in [6.07, 6.45) is 0. The predicted octanol–water partition coefficient (Wildman–Crippen LogP) is 2.32. The lowest BCUT2D eigenvalue weighted by atomic mass is 9.94. The molecule has 0 bridgehead atoms. The third kappa shape index (κ3) is 3.58. The van der Waals surface area contributed by atoms with Crippen LogP contribution in [0.3, 0.4) is 0 Å². The molecule has 0 radical (unpaired) electrons. The van der Waals surface area contributed by atoms with Crippen molar-refractivity contribution in [3.05, 3.63) is 29.8 Å². The molecule has 0 saturated carbocycles.